The van der Waals surface area contributed by atoms with Crippen LogP contribution in [0.15, 0.2) is 36.7 Å². The molecule has 0 unspecified atom stereocenters. The monoisotopic (exact) mass is 459 g/mol. The van der Waals surface area contributed by atoms with Crippen LogP contribution in [0.25, 0.3) is 0 Å². The Labute approximate surface area is 188 Å². The second-order valence-corrected chi connectivity index (χ2v) is 9.46. The van der Waals surface area contributed by atoms with E-state index in [0.29, 0.717) is 22.3 Å². The molecule has 0 fully saturated rings. The molecular formula is C21H28Cl3N3O2. The standard InChI is InChI=1S/C11H14ClNO.C5H5ClN2.C5H9ClO/c1-11(2,3)10(14)6-9-5-4-8(12)7-13-9;6-4-1-2-5(7)8-3-4;1-5(2,3)4(6)7/h4-5,7H,6H2,1-3H3;1-3H,(H2,7,8);1-3H3. The van der Waals surface area contributed by atoms with Crippen LogP contribution in [0.1, 0.15) is 47.2 Å². The zero-order valence-corrected chi connectivity index (χ0v) is 19.9. The molecule has 0 aliphatic carbocycles. The molecule has 160 valence electrons. The minimum absolute atomic E-state index is 0.187. The maximum Gasteiger partial charge on any atom is 0.226 e. The number of ketones is 1. The smallest absolute Gasteiger partial charge is 0.226 e. The zero-order chi connectivity index (χ0) is 22.8. The highest BCUT2D eigenvalue weighted by atomic mass is 35.5. The summed E-state index contributed by atoms with van der Waals surface area (Å²) in [6, 6.07) is 6.89. The van der Waals surface area contributed by atoms with Crippen molar-refractivity contribution in [2.45, 2.75) is 48.0 Å². The molecule has 2 heterocycles. The number of nitrogens with two attached hydrogens (primary N) is 1. The lowest BCUT2D eigenvalue weighted by Gasteiger charge is -2.15. The molecule has 0 aromatic carbocycles. The van der Waals surface area contributed by atoms with Gasteiger partial charge in [0.15, 0.2) is 0 Å². The van der Waals surface area contributed by atoms with Crippen molar-refractivity contribution in [3.63, 3.8) is 0 Å². The molecule has 0 amide bonds. The number of hydrogen-bond acceptors (Lipinski definition) is 5. The van der Waals surface area contributed by atoms with Gasteiger partial charge in [0.2, 0.25) is 5.24 Å². The van der Waals surface area contributed by atoms with Crippen molar-refractivity contribution < 1.29 is 9.59 Å². The van der Waals surface area contributed by atoms with Crippen molar-refractivity contribution >= 4 is 51.6 Å². The van der Waals surface area contributed by atoms with Crippen molar-refractivity contribution in [1.29, 1.82) is 0 Å². The summed E-state index contributed by atoms with van der Waals surface area (Å²) in [7, 11) is 0. The molecule has 5 nitrogen and oxygen atoms in total. The molecule has 0 radical (unpaired) electrons. The summed E-state index contributed by atoms with van der Waals surface area (Å²) in [5, 5.41) is 0.920. The Balaban J connectivity index is 0.000000444. The van der Waals surface area contributed by atoms with Crippen LogP contribution in [-0.2, 0) is 16.0 Å². The Hall–Kier alpha value is -1.69. The van der Waals surface area contributed by atoms with Crippen LogP contribution in [0.5, 0.6) is 0 Å². The van der Waals surface area contributed by atoms with E-state index in [4.69, 9.17) is 40.5 Å². The SMILES string of the molecule is CC(C)(C)C(=O)Cc1ccc(Cl)cn1.CC(C)(C)C(=O)Cl.Nc1ccc(Cl)cn1. The average Bonchev–Trinajstić information content (AvgIpc) is 2.59. The molecule has 0 saturated heterocycles. The summed E-state index contributed by atoms with van der Waals surface area (Å²) < 4.78 is 0. The average molecular weight is 461 g/mol. The topological polar surface area (TPSA) is 85.9 Å². The quantitative estimate of drug-likeness (QED) is 0.555. The fraction of sp³-hybridized carbons (Fsp3) is 0.429. The van der Waals surface area contributed by atoms with Crippen LogP contribution in [0, 0.1) is 10.8 Å². The first-order valence-electron chi connectivity index (χ1n) is 8.83. The summed E-state index contributed by atoms with van der Waals surface area (Å²) in [6.45, 7) is 11.1. The normalized spacial score (nSPS) is 10.8. The van der Waals surface area contributed by atoms with Gasteiger partial charge in [-0.1, -0.05) is 64.7 Å². The van der Waals surface area contributed by atoms with Gasteiger partial charge in [-0.3, -0.25) is 14.6 Å². The summed E-state index contributed by atoms with van der Waals surface area (Å²) in [5.41, 5.74) is 5.35. The molecular weight excluding hydrogens is 433 g/mol. The summed E-state index contributed by atoms with van der Waals surface area (Å²) in [6.07, 6.45) is 3.45. The molecule has 0 atom stereocenters. The molecule has 29 heavy (non-hydrogen) atoms. The number of aromatic nitrogens is 2. The number of anilines is 1. The van der Waals surface area contributed by atoms with Gasteiger partial charge in [-0.15, -0.1) is 0 Å². The number of pyridine rings is 2. The molecule has 0 aliphatic heterocycles. The van der Waals surface area contributed by atoms with Crippen molar-refractivity contribution in [2.24, 2.45) is 10.8 Å². The predicted molar refractivity (Wildman–Crippen MR) is 121 cm³/mol. The van der Waals surface area contributed by atoms with E-state index in [1.807, 2.05) is 20.8 Å². The predicted octanol–water partition coefficient (Wildman–Crippen LogP) is 6.01. The van der Waals surface area contributed by atoms with Crippen LogP contribution in [0.3, 0.4) is 0 Å². The Morgan fingerprint density at radius 3 is 1.59 bits per heavy atom. The molecule has 8 heteroatoms. The number of Topliss-reactive ketones (excluding diaryl/α,β-unsaturated/α-hetero) is 1. The van der Waals surface area contributed by atoms with Gasteiger partial charge in [0.05, 0.1) is 10.0 Å². The summed E-state index contributed by atoms with van der Waals surface area (Å²) in [4.78, 5) is 29.7. The maximum atomic E-state index is 11.6. The highest BCUT2D eigenvalue weighted by Gasteiger charge is 2.21. The minimum atomic E-state index is -0.373. The summed E-state index contributed by atoms with van der Waals surface area (Å²) in [5.74, 6) is 0.682. The lowest BCUT2D eigenvalue weighted by atomic mass is 9.88. The summed E-state index contributed by atoms with van der Waals surface area (Å²) >= 11 is 16.3. The molecule has 2 rings (SSSR count). The fourth-order valence-corrected chi connectivity index (χ4v) is 1.55. The van der Waals surface area contributed by atoms with Gasteiger partial charge in [0.25, 0.3) is 0 Å². The van der Waals surface area contributed by atoms with Crippen LogP contribution in [0.2, 0.25) is 10.0 Å². The van der Waals surface area contributed by atoms with Crippen LogP contribution < -0.4 is 5.73 Å². The highest BCUT2D eigenvalue weighted by Crippen LogP contribution is 2.17. The third-order valence-electron chi connectivity index (χ3n) is 3.31. The van der Waals surface area contributed by atoms with E-state index >= 15 is 0 Å². The van der Waals surface area contributed by atoms with E-state index < -0.39 is 0 Å². The van der Waals surface area contributed by atoms with Gasteiger partial charge in [-0.05, 0) is 35.9 Å². The van der Waals surface area contributed by atoms with Crippen molar-refractivity contribution in [3.05, 3.63) is 52.4 Å². The van der Waals surface area contributed by atoms with Gasteiger partial charge >= 0.3 is 0 Å². The van der Waals surface area contributed by atoms with Gasteiger partial charge in [0.1, 0.15) is 11.6 Å². The van der Waals surface area contributed by atoms with E-state index in [-0.39, 0.29) is 21.9 Å². The molecule has 2 N–H and O–H groups in total. The molecule has 0 spiro atoms. The number of carbonyl (C=O) groups is 2. The van der Waals surface area contributed by atoms with Gasteiger partial charge in [-0.2, -0.15) is 0 Å². The minimum Gasteiger partial charge on any atom is -0.384 e. The third kappa shape index (κ3) is 13.2. The molecule has 0 aliphatic rings. The molecule has 2 aromatic heterocycles. The van der Waals surface area contributed by atoms with Crippen molar-refractivity contribution in [2.75, 3.05) is 5.73 Å². The zero-order valence-electron chi connectivity index (χ0n) is 17.6. The Kier molecular flexibility index (Phi) is 11.4. The highest BCUT2D eigenvalue weighted by molar-refractivity contribution is 6.64. The second kappa shape index (κ2) is 12.1. The number of nitrogens with zero attached hydrogens (tertiary/aromatic N) is 2. The van der Waals surface area contributed by atoms with E-state index in [1.165, 1.54) is 6.20 Å². The Morgan fingerprint density at radius 1 is 0.862 bits per heavy atom. The lowest BCUT2D eigenvalue weighted by molar-refractivity contribution is -0.125. The van der Waals surface area contributed by atoms with Gasteiger partial charge in [-0.25, -0.2) is 4.98 Å². The molecule has 0 saturated carbocycles. The van der Waals surface area contributed by atoms with E-state index in [0.717, 1.165) is 5.69 Å². The van der Waals surface area contributed by atoms with Gasteiger partial charge < -0.3 is 5.73 Å². The first-order chi connectivity index (χ1) is 13.1. The molecule has 0 bridgehead atoms. The number of halogens is 3. The first kappa shape index (κ1) is 27.3. The Bertz CT molecular complexity index is 758. The van der Waals surface area contributed by atoms with Crippen LogP contribution >= 0.6 is 34.8 Å². The molecule has 2 aromatic rings. The number of carbonyl (C=O) groups excluding carboxylic acids is 2. The number of hydrogen-bond donors (Lipinski definition) is 1. The van der Waals surface area contributed by atoms with E-state index in [2.05, 4.69) is 9.97 Å². The Morgan fingerprint density at radius 2 is 1.31 bits per heavy atom. The van der Waals surface area contributed by atoms with Crippen LogP contribution in [0.4, 0.5) is 5.82 Å². The van der Waals surface area contributed by atoms with Crippen molar-refractivity contribution in [1.82, 2.24) is 9.97 Å². The third-order valence-corrected chi connectivity index (χ3v) is 4.32. The maximum absolute atomic E-state index is 11.6. The van der Waals surface area contributed by atoms with Gasteiger partial charge in [0, 0.05) is 35.3 Å². The largest absolute Gasteiger partial charge is 0.384 e. The van der Waals surface area contributed by atoms with E-state index in [9.17, 15) is 9.59 Å². The van der Waals surface area contributed by atoms with Crippen LogP contribution in [-0.4, -0.2) is 21.0 Å². The fourth-order valence-electron chi connectivity index (χ4n) is 1.33. The lowest BCUT2D eigenvalue weighted by Crippen LogP contribution is -2.22. The number of rotatable bonds is 2. The number of nitrogen functional groups attached to an aromatic ring is 1. The van der Waals surface area contributed by atoms with Crippen molar-refractivity contribution in [3.8, 4) is 0 Å². The second-order valence-electron chi connectivity index (χ2n) is 8.24. The first-order valence-corrected chi connectivity index (χ1v) is 9.97. The van der Waals surface area contributed by atoms with E-state index in [1.54, 1.807) is 51.2 Å².